The summed E-state index contributed by atoms with van der Waals surface area (Å²) in [6, 6.07) is 13.1. The highest BCUT2D eigenvalue weighted by atomic mass is 79.9. The summed E-state index contributed by atoms with van der Waals surface area (Å²) >= 11 is 3.45. The van der Waals surface area contributed by atoms with E-state index in [1.165, 1.54) is 19.6 Å². The molecule has 4 rings (SSSR count). The van der Waals surface area contributed by atoms with Gasteiger partial charge in [-0.15, -0.1) is 0 Å². The Labute approximate surface area is 180 Å². The van der Waals surface area contributed by atoms with Crippen molar-refractivity contribution in [2.45, 2.75) is 0 Å². The van der Waals surface area contributed by atoms with Gasteiger partial charge in [-0.2, -0.15) is 5.10 Å². The van der Waals surface area contributed by atoms with Gasteiger partial charge in [-0.05, 0) is 29.8 Å². The van der Waals surface area contributed by atoms with Crippen molar-refractivity contribution in [2.24, 2.45) is 5.10 Å². The number of aromatic amines is 1. The van der Waals surface area contributed by atoms with Crippen molar-refractivity contribution in [1.29, 1.82) is 0 Å². The molecule has 0 fully saturated rings. The second-order valence-corrected chi connectivity index (χ2v) is 7.25. The summed E-state index contributed by atoms with van der Waals surface area (Å²) in [5.41, 5.74) is 5.33. The van der Waals surface area contributed by atoms with Gasteiger partial charge < -0.3 is 18.9 Å². The zero-order valence-electron chi connectivity index (χ0n) is 16.2. The molecule has 8 heteroatoms. The van der Waals surface area contributed by atoms with Gasteiger partial charge in [0.05, 0.1) is 37.6 Å². The van der Waals surface area contributed by atoms with Crippen molar-refractivity contribution in [1.82, 2.24) is 10.4 Å². The van der Waals surface area contributed by atoms with Crippen LogP contribution >= 0.6 is 15.9 Å². The number of methoxy groups -OCH3 is 2. The number of hydrogen-bond donors (Lipinski definition) is 2. The van der Waals surface area contributed by atoms with E-state index in [0.29, 0.717) is 28.3 Å². The molecule has 0 atom stereocenters. The van der Waals surface area contributed by atoms with E-state index >= 15 is 0 Å². The number of amides is 1. The summed E-state index contributed by atoms with van der Waals surface area (Å²) in [5.74, 6) is 1.07. The minimum Gasteiger partial charge on any atom is -0.496 e. The molecule has 0 spiro atoms. The fourth-order valence-corrected chi connectivity index (χ4v) is 3.51. The van der Waals surface area contributed by atoms with Gasteiger partial charge in [-0.1, -0.05) is 28.1 Å². The van der Waals surface area contributed by atoms with Crippen molar-refractivity contribution in [2.75, 3.05) is 14.2 Å². The van der Waals surface area contributed by atoms with Crippen LogP contribution in [0.1, 0.15) is 16.1 Å². The molecule has 4 aromatic rings. The number of carbonyl (C=O) groups excluding carboxylic acids is 1. The predicted octanol–water partition coefficient (Wildman–Crippen LogP) is 4.97. The smallest absolute Gasteiger partial charge is 0.277 e. The number of aromatic nitrogens is 1. The van der Waals surface area contributed by atoms with Crippen LogP contribution in [0.2, 0.25) is 0 Å². The Balaban J connectivity index is 1.80. The number of nitrogens with zero attached hydrogens (tertiary/aromatic N) is 1. The molecule has 1 amide bonds. The highest BCUT2D eigenvalue weighted by molar-refractivity contribution is 9.10. The predicted molar refractivity (Wildman–Crippen MR) is 118 cm³/mol. The quantitative estimate of drug-likeness (QED) is 0.309. The van der Waals surface area contributed by atoms with E-state index in [-0.39, 0.29) is 0 Å². The number of carbonyl (C=O) groups is 1. The second kappa shape index (κ2) is 8.46. The topological polar surface area (TPSA) is 88.9 Å². The van der Waals surface area contributed by atoms with Crippen molar-refractivity contribution < 1.29 is 18.7 Å². The molecule has 0 saturated carbocycles. The van der Waals surface area contributed by atoms with Crippen molar-refractivity contribution in [3.63, 3.8) is 0 Å². The monoisotopic (exact) mass is 467 g/mol. The first-order chi connectivity index (χ1) is 14.6. The summed E-state index contributed by atoms with van der Waals surface area (Å²) in [6.45, 7) is 0. The van der Waals surface area contributed by atoms with Crippen LogP contribution in [0.25, 0.3) is 22.0 Å². The van der Waals surface area contributed by atoms with Gasteiger partial charge in [0.1, 0.15) is 22.8 Å². The zero-order valence-corrected chi connectivity index (χ0v) is 17.8. The van der Waals surface area contributed by atoms with Gasteiger partial charge in [0.25, 0.3) is 5.91 Å². The maximum atomic E-state index is 13.0. The molecule has 152 valence electrons. The van der Waals surface area contributed by atoms with Gasteiger partial charge in [-0.25, -0.2) is 5.43 Å². The van der Waals surface area contributed by atoms with E-state index in [2.05, 4.69) is 31.4 Å². The third kappa shape index (κ3) is 3.69. The number of hydrogen-bond acceptors (Lipinski definition) is 5. The molecule has 2 N–H and O–H groups in total. The number of fused-ring (bicyclic) bond motifs is 1. The maximum Gasteiger partial charge on any atom is 0.277 e. The fraction of sp³-hybridized carbons (Fsp3) is 0.0909. The highest BCUT2D eigenvalue weighted by Crippen LogP contribution is 2.41. The first kappa shape index (κ1) is 19.8. The Kier molecular flexibility index (Phi) is 5.58. The van der Waals surface area contributed by atoms with Gasteiger partial charge in [-0.3, -0.25) is 4.79 Å². The molecule has 7 nitrogen and oxygen atoms in total. The lowest BCUT2D eigenvalue weighted by molar-refractivity contribution is 0.0953. The van der Waals surface area contributed by atoms with E-state index in [9.17, 15) is 4.79 Å². The van der Waals surface area contributed by atoms with Crippen LogP contribution in [0.15, 0.2) is 68.9 Å². The molecule has 0 radical (unpaired) electrons. The van der Waals surface area contributed by atoms with Crippen LogP contribution in [0.3, 0.4) is 0 Å². The lowest BCUT2D eigenvalue weighted by Gasteiger charge is -2.13. The second-order valence-electron chi connectivity index (χ2n) is 6.33. The first-order valence-corrected chi connectivity index (χ1v) is 9.80. The zero-order chi connectivity index (χ0) is 21.1. The average molecular weight is 468 g/mol. The van der Waals surface area contributed by atoms with E-state index < -0.39 is 5.91 Å². The molecule has 2 aromatic heterocycles. The number of rotatable bonds is 6. The molecular formula is C22H18BrN3O4. The molecular weight excluding hydrogens is 450 g/mol. The maximum absolute atomic E-state index is 13.0. The summed E-state index contributed by atoms with van der Waals surface area (Å²) in [6.07, 6.45) is 4.80. The van der Waals surface area contributed by atoms with Crippen LogP contribution < -0.4 is 14.9 Å². The molecule has 0 aliphatic carbocycles. The molecule has 0 bridgehead atoms. The van der Waals surface area contributed by atoms with Gasteiger partial charge in [0, 0.05) is 22.3 Å². The van der Waals surface area contributed by atoms with Crippen molar-refractivity contribution >= 4 is 39.0 Å². The molecule has 0 unspecified atom stereocenters. The molecule has 2 aromatic carbocycles. The van der Waals surface area contributed by atoms with E-state index in [0.717, 1.165) is 21.0 Å². The van der Waals surface area contributed by atoms with Crippen LogP contribution in [0, 0.1) is 0 Å². The molecule has 0 saturated heterocycles. The Morgan fingerprint density at radius 3 is 2.60 bits per heavy atom. The Hall–Kier alpha value is -3.52. The number of furan rings is 1. The minimum atomic E-state index is -0.425. The van der Waals surface area contributed by atoms with E-state index in [4.69, 9.17) is 13.9 Å². The van der Waals surface area contributed by atoms with Crippen LogP contribution in [0.5, 0.6) is 11.5 Å². The summed E-state index contributed by atoms with van der Waals surface area (Å²) in [5, 5.41) is 4.74. The SMILES string of the molecule is COc1cc(OC)c2c(-c3ccc(Br)cc3)c[nH]c2c1C(=O)N/N=C/c1ccco1. The van der Waals surface area contributed by atoms with Crippen molar-refractivity contribution in [3.05, 3.63) is 70.7 Å². The van der Waals surface area contributed by atoms with Crippen LogP contribution in [0.4, 0.5) is 0 Å². The third-order valence-corrected chi connectivity index (χ3v) is 5.14. The lowest BCUT2D eigenvalue weighted by Crippen LogP contribution is -2.19. The Morgan fingerprint density at radius 1 is 1.17 bits per heavy atom. The number of halogens is 1. The number of H-pyrrole nitrogens is 1. The normalized spacial score (nSPS) is 11.2. The highest BCUT2D eigenvalue weighted by Gasteiger charge is 2.23. The van der Waals surface area contributed by atoms with Crippen molar-refractivity contribution in [3.8, 4) is 22.6 Å². The van der Waals surface area contributed by atoms with Gasteiger partial charge in [0.2, 0.25) is 0 Å². The summed E-state index contributed by atoms with van der Waals surface area (Å²) < 4.78 is 17.2. The number of ether oxygens (including phenoxy) is 2. The third-order valence-electron chi connectivity index (χ3n) is 4.61. The average Bonchev–Trinajstić information content (AvgIpc) is 3.43. The Bertz CT molecular complexity index is 1210. The molecule has 0 aliphatic heterocycles. The number of nitrogens with one attached hydrogen (secondary N) is 2. The minimum absolute atomic E-state index is 0.327. The molecule has 0 aliphatic rings. The largest absolute Gasteiger partial charge is 0.496 e. The first-order valence-electron chi connectivity index (χ1n) is 9.01. The fourth-order valence-electron chi connectivity index (χ4n) is 3.24. The summed E-state index contributed by atoms with van der Waals surface area (Å²) in [4.78, 5) is 16.2. The molecule has 30 heavy (non-hydrogen) atoms. The van der Waals surface area contributed by atoms with E-state index in [1.807, 2.05) is 30.5 Å². The van der Waals surface area contributed by atoms with E-state index in [1.54, 1.807) is 25.3 Å². The van der Waals surface area contributed by atoms with Crippen LogP contribution in [-0.2, 0) is 0 Å². The van der Waals surface area contributed by atoms with Gasteiger partial charge in [0.15, 0.2) is 0 Å². The summed E-state index contributed by atoms with van der Waals surface area (Å²) in [7, 11) is 3.09. The number of benzene rings is 2. The lowest BCUT2D eigenvalue weighted by atomic mass is 10.0. The number of hydrazone groups is 1. The van der Waals surface area contributed by atoms with Gasteiger partial charge >= 0.3 is 0 Å². The standard InChI is InChI=1S/C22H18BrN3O4/c1-28-17-10-18(29-2)20(22(27)26-25-11-15-4-3-9-30-15)21-19(17)16(12-24-21)13-5-7-14(23)8-6-13/h3-12,24H,1-2H3,(H,26,27)/b25-11+. The van der Waals surface area contributed by atoms with Crippen LogP contribution in [-0.4, -0.2) is 31.3 Å². The Morgan fingerprint density at radius 2 is 1.93 bits per heavy atom. The molecule has 2 heterocycles.